The first-order valence-corrected chi connectivity index (χ1v) is 6.50. The van der Waals surface area contributed by atoms with Crippen LogP contribution in [0.1, 0.15) is 13.3 Å². The molecule has 2 bridgehead atoms. The zero-order valence-electron chi connectivity index (χ0n) is 10.7. The molecule has 2 N–H and O–H groups in total. The minimum absolute atomic E-state index is 0.391. The first-order valence-electron chi connectivity index (χ1n) is 6.50. The summed E-state index contributed by atoms with van der Waals surface area (Å²) in [5.74, 6) is 0. The van der Waals surface area contributed by atoms with Crippen molar-refractivity contribution in [3.05, 3.63) is 0 Å². The number of hydrogen-bond acceptors (Lipinski definition) is 1. The molecule has 3 aliphatic heterocycles. The van der Waals surface area contributed by atoms with E-state index in [9.17, 15) is 0 Å². The monoisotopic (exact) mass is 226 g/mol. The van der Waals surface area contributed by atoms with Gasteiger partial charge in [-0.25, -0.2) is 0 Å². The molecule has 0 aliphatic carbocycles. The minimum Gasteiger partial charge on any atom is -0.390 e. The van der Waals surface area contributed by atoms with Crippen LogP contribution in [0.25, 0.3) is 0 Å². The predicted molar refractivity (Wildman–Crippen MR) is 67.3 cm³/mol. The van der Waals surface area contributed by atoms with Gasteiger partial charge in [0.15, 0.2) is 0 Å². The van der Waals surface area contributed by atoms with Gasteiger partial charge in [-0.15, -0.1) is 0 Å². The van der Waals surface area contributed by atoms with Gasteiger partial charge in [0.05, 0.1) is 26.0 Å². The lowest BCUT2D eigenvalue weighted by Gasteiger charge is -2.54. The molecule has 3 heterocycles. The van der Waals surface area contributed by atoms with E-state index in [4.69, 9.17) is 5.73 Å². The minimum atomic E-state index is 0.391. The van der Waals surface area contributed by atoms with Crippen LogP contribution in [0.5, 0.6) is 0 Å². The maximum atomic E-state index is 5.33. The molecule has 3 rings (SSSR count). The molecule has 0 unspecified atom stereocenters. The van der Waals surface area contributed by atoms with E-state index in [1.807, 2.05) is 0 Å². The standard InChI is InChI=1S/C12H26N4/c1-12(14-11-13)3-4-16-8-5-15(2,6-9-16)7-10-16/h11-12H,3-10H2,1-2H3,(H2,13,14)/q+2/t12-,15?,16?/m1/s1. The van der Waals surface area contributed by atoms with Crippen molar-refractivity contribution in [2.24, 2.45) is 10.7 Å². The molecular weight excluding hydrogens is 200 g/mol. The quantitative estimate of drug-likeness (QED) is 0.410. The van der Waals surface area contributed by atoms with E-state index in [0.29, 0.717) is 6.04 Å². The molecular formula is C12H26N4+2. The Kier molecular flexibility index (Phi) is 3.22. The number of quaternary nitrogens is 2. The first-order chi connectivity index (χ1) is 7.58. The van der Waals surface area contributed by atoms with Crippen molar-refractivity contribution in [2.75, 3.05) is 52.9 Å². The lowest BCUT2D eigenvalue weighted by atomic mass is 10.1. The van der Waals surface area contributed by atoms with E-state index < -0.39 is 0 Å². The molecule has 4 heteroatoms. The zero-order chi connectivity index (χ0) is 11.6. The van der Waals surface area contributed by atoms with Gasteiger partial charge in [0, 0.05) is 6.42 Å². The van der Waals surface area contributed by atoms with Crippen molar-refractivity contribution in [1.29, 1.82) is 0 Å². The zero-order valence-corrected chi connectivity index (χ0v) is 10.7. The van der Waals surface area contributed by atoms with Gasteiger partial charge in [-0.1, -0.05) is 0 Å². The molecule has 0 aromatic heterocycles. The third-order valence-electron chi connectivity index (χ3n) is 4.70. The van der Waals surface area contributed by atoms with Crippen LogP contribution in [-0.2, 0) is 0 Å². The fourth-order valence-electron chi connectivity index (χ4n) is 3.05. The SMILES string of the molecule is C[C@H](CC[N+]12CC[N+](C)(CC1)CC2)N=CN. The summed E-state index contributed by atoms with van der Waals surface area (Å²) in [5, 5.41) is 0. The van der Waals surface area contributed by atoms with Crippen molar-refractivity contribution < 1.29 is 8.97 Å². The molecule has 3 fully saturated rings. The predicted octanol–water partition coefficient (Wildman–Crippen LogP) is 0.0426. The van der Waals surface area contributed by atoms with Crippen molar-refractivity contribution in [1.82, 2.24) is 0 Å². The highest BCUT2D eigenvalue weighted by atomic mass is 15.5. The summed E-state index contributed by atoms with van der Waals surface area (Å²) in [5.41, 5.74) is 5.33. The molecule has 0 aromatic carbocycles. The fraction of sp³-hybridized carbons (Fsp3) is 0.917. The van der Waals surface area contributed by atoms with E-state index in [1.165, 1.54) is 67.5 Å². The highest BCUT2D eigenvalue weighted by Gasteiger charge is 2.46. The molecule has 92 valence electrons. The van der Waals surface area contributed by atoms with Crippen molar-refractivity contribution in [3.8, 4) is 0 Å². The van der Waals surface area contributed by atoms with Crippen molar-refractivity contribution >= 4 is 6.34 Å². The molecule has 0 saturated carbocycles. The number of aliphatic imine (C=N–C) groups is 1. The third-order valence-corrected chi connectivity index (χ3v) is 4.70. The second-order valence-corrected chi connectivity index (χ2v) is 5.96. The Bertz CT molecular complexity index is 250. The van der Waals surface area contributed by atoms with Crippen LogP contribution >= 0.6 is 0 Å². The number of nitrogens with two attached hydrogens (primary N) is 1. The average molecular weight is 226 g/mol. The summed E-state index contributed by atoms with van der Waals surface area (Å²) < 4.78 is 2.66. The number of piperazine rings is 3. The number of rotatable bonds is 4. The molecule has 0 aromatic rings. The summed E-state index contributed by atoms with van der Waals surface area (Å²) >= 11 is 0. The second-order valence-electron chi connectivity index (χ2n) is 5.96. The Morgan fingerprint density at radius 2 is 1.75 bits per heavy atom. The van der Waals surface area contributed by atoms with Crippen LogP contribution < -0.4 is 5.73 Å². The Morgan fingerprint density at radius 3 is 2.25 bits per heavy atom. The largest absolute Gasteiger partial charge is 0.390 e. The van der Waals surface area contributed by atoms with Crippen molar-refractivity contribution in [2.45, 2.75) is 19.4 Å². The van der Waals surface area contributed by atoms with E-state index in [0.717, 1.165) is 0 Å². The normalized spacial score (nSPS) is 40.4. The lowest BCUT2D eigenvalue weighted by Crippen LogP contribution is -2.73. The first kappa shape index (κ1) is 11.9. The molecule has 1 atom stereocenters. The lowest BCUT2D eigenvalue weighted by molar-refractivity contribution is -1.07. The van der Waals surface area contributed by atoms with E-state index in [1.54, 1.807) is 0 Å². The maximum absolute atomic E-state index is 5.33. The van der Waals surface area contributed by atoms with Gasteiger partial charge in [-0.3, -0.25) is 4.99 Å². The van der Waals surface area contributed by atoms with Crippen molar-refractivity contribution in [3.63, 3.8) is 0 Å². The van der Waals surface area contributed by atoms with Gasteiger partial charge < -0.3 is 14.7 Å². The average Bonchev–Trinajstić information content (AvgIpc) is 2.29. The summed E-state index contributed by atoms with van der Waals surface area (Å²) in [6.07, 6.45) is 2.63. The van der Waals surface area contributed by atoms with Gasteiger partial charge in [0.25, 0.3) is 0 Å². The Hall–Kier alpha value is -0.610. The topological polar surface area (TPSA) is 38.4 Å². The van der Waals surface area contributed by atoms with Gasteiger partial charge >= 0.3 is 0 Å². The number of nitrogens with zero attached hydrogens (tertiary/aromatic N) is 3. The summed E-state index contributed by atoms with van der Waals surface area (Å²) in [7, 11) is 2.41. The van der Waals surface area contributed by atoms with Crippen LogP contribution in [0, 0.1) is 0 Å². The summed E-state index contributed by atoms with van der Waals surface area (Å²) in [6.45, 7) is 11.7. The smallest absolute Gasteiger partial charge is 0.129 e. The van der Waals surface area contributed by atoms with Gasteiger partial charge in [0.1, 0.15) is 39.3 Å². The molecule has 0 radical (unpaired) electrons. The highest BCUT2D eigenvalue weighted by molar-refractivity contribution is 5.51. The Morgan fingerprint density at radius 1 is 1.19 bits per heavy atom. The van der Waals surface area contributed by atoms with E-state index in [-0.39, 0.29) is 0 Å². The molecule has 0 spiro atoms. The molecule has 16 heavy (non-hydrogen) atoms. The molecule has 0 amide bonds. The third kappa shape index (κ3) is 2.38. The second kappa shape index (κ2) is 4.34. The molecule has 4 nitrogen and oxygen atoms in total. The fourth-order valence-corrected chi connectivity index (χ4v) is 3.05. The number of hydrogen-bond donors (Lipinski definition) is 1. The van der Waals surface area contributed by atoms with Crippen LogP contribution in [0.4, 0.5) is 0 Å². The van der Waals surface area contributed by atoms with Gasteiger partial charge in [0.2, 0.25) is 0 Å². The van der Waals surface area contributed by atoms with Crippen LogP contribution in [0.3, 0.4) is 0 Å². The number of likely N-dealkylation sites (N-methyl/N-ethyl adjacent to an activating group) is 1. The van der Waals surface area contributed by atoms with E-state index in [2.05, 4.69) is 19.0 Å². The summed E-state index contributed by atoms with van der Waals surface area (Å²) in [4.78, 5) is 4.24. The Labute approximate surface area is 98.9 Å². The molecule has 3 aliphatic rings. The van der Waals surface area contributed by atoms with E-state index >= 15 is 0 Å². The van der Waals surface area contributed by atoms with Gasteiger partial charge in [-0.05, 0) is 6.92 Å². The van der Waals surface area contributed by atoms with Gasteiger partial charge in [-0.2, -0.15) is 0 Å². The van der Waals surface area contributed by atoms with Crippen LogP contribution in [0.2, 0.25) is 0 Å². The summed E-state index contributed by atoms with van der Waals surface area (Å²) in [6, 6.07) is 0.391. The van der Waals surface area contributed by atoms with Crippen LogP contribution in [0.15, 0.2) is 4.99 Å². The number of fused-ring (bicyclic) bond motifs is 3. The Balaban J connectivity index is 1.86. The maximum Gasteiger partial charge on any atom is 0.129 e. The highest BCUT2D eigenvalue weighted by Crippen LogP contribution is 2.25. The molecule has 3 saturated heterocycles. The van der Waals surface area contributed by atoms with Crippen LogP contribution in [-0.4, -0.2) is 74.2 Å².